The summed E-state index contributed by atoms with van der Waals surface area (Å²) >= 11 is 0. The van der Waals surface area contributed by atoms with Gasteiger partial charge >= 0.3 is 17.9 Å². The molecule has 0 unspecified atom stereocenters. The molecule has 0 aliphatic carbocycles. The summed E-state index contributed by atoms with van der Waals surface area (Å²) in [5, 5.41) is 11.2. The van der Waals surface area contributed by atoms with Gasteiger partial charge in [-0.1, -0.05) is 31.6 Å². The van der Waals surface area contributed by atoms with Crippen LogP contribution < -0.4 is 19.6 Å². The lowest BCUT2D eigenvalue weighted by atomic mass is 9.82. The van der Waals surface area contributed by atoms with E-state index in [1.807, 2.05) is 19.9 Å². The molecule has 0 bridgehead atoms. The Kier molecular flexibility index (Phi) is 7.81. The van der Waals surface area contributed by atoms with Crippen molar-refractivity contribution in [1.82, 2.24) is 0 Å². The van der Waals surface area contributed by atoms with Gasteiger partial charge in [-0.25, -0.2) is 0 Å². The van der Waals surface area contributed by atoms with Crippen molar-refractivity contribution in [2.24, 2.45) is 0 Å². The minimum absolute atomic E-state index is 0.0278. The topological polar surface area (TPSA) is 129 Å². The van der Waals surface area contributed by atoms with Crippen LogP contribution in [0.15, 0.2) is 45.6 Å². The number of allylic oxidation sites excluding steroid dienone is 3. The molecule has 0 aliphatic heterocycles. The molecule has 200 valence electrons. The molecule has 1 heterocycles. The highest BCUT2D eigenvalue weighted by atomic mass is 16.6. The largest absolute Gasteiger partial charge is 0.507 e. The predicted molar refractivity (Wildman–Crippen MR) is 142 cm³/mol. The van der Waals surface area contributed by atoms with Gasteiger partial charge in [-0.15, -0.1) is 6.58 Å². The van der Waals surface area contributed by atoms with Gasteiger partial charge in [-0.2, -0.15) is 0 Å². The number of ether oxygens (including phenoxy) is 3. The highest BCUT2D eigenvalue weighted by Crippen LogP contribution is 2.46. The van der Waals surface area contributed by atoms with E-state index in [0.717, 1.165) is 12.5 Å². The summed E-state index contributed by atoms with van der Waals surface area (Å²) in [6.45, 7) is 14.6. The molecular weight excluding hydrogens is 492 g/mol. The second-order valence-electron chi connectivity index (χ2n) is 9.66. The van der Waals surface area contributed by atoms with Gasteiger partial charge in [0.05, 0.1) is 5.39 Å². The van der Waals surface area contributed by atoms with Gasteiger partial charge in [-0.05, 0) is 31.9 Å². The number of hydrogen-bond acceptors (Lipinski definition) is 9. The maximum Gasteiger partial charge on any atom is 0.308 e. The van der Waals surface area contributed by atoms with Gasteiger partial charge in [0.2, 0.25) is 11.2 Å². The van der Waals surface area contributed by atoms with E-state index in [2.05, 4.69) is 6.58 Å². The Morgan fingerprint density at radius 2 is 1.53 bits per heavy atom. The summed E-state index contributed by atoms with van der Waals surface area (Å²) < 4.78 is 22.1. The molecule has 9 nitrogen and oxygen atoms in total. The van der Waals surface area contributed by atoms with E-state index in [4.69, 9.17) is 18.6 Å². The third-order valence-electron chi connectivity index (χ3n) is 5.82. The second-order valence-corrected chi connectivity index (χ2v) is 9.66. The molecule has 0 spiro atoms. The summed E-state index contributed by atoms with van der Waals surface area (Å²) in [4.78, 5) is 49.7. The van der Waals surface area contributed by atoms with Crippen molar-refractivity contribution in [2.45, 2.75) is 60.3 Å². The van der Waals surface area contributed by atoms with Crippen molar-refractivity contribution in [3.8, 4) is 23.0 Å². The van der Waals surface area contributed by atoms with E-state index in [1.165, 1.54) is 26.0 Å². The van der Waals surface area contributed by atoms with Crippen molar-refractivity contribution >= 4 is 39.8 Å². The van der Waals surface area contributed by atoms with Crippen LogP contribution in [0, 0.1) is 0 Å². The Balaban J connectivity index is 2.63. The van der Waals surface area contributed by atoms with Gasteiger partial charge in [0.25, 0.3) is 0 Å². The van der Waals surface area contributed by atoms with Gasteiger partial charge in [-0.3, -0.25) is 19.2 Å². The van der Waals surface area contributed by atoms with Crippen LogP contribution in [0.5, 0.6) is 23.0 Å². The number of phenols is 1. The van der Waals surface area contributed by atoms with Crippen molar-refractivity contribution in [2.75, 3.05) is 0 Å². The van der Waals surface area contributed by atoms with E-state index < -0.39 is 34.5 Å². The number of fused-ring (bicyclic) bond motifs is 2. The summed E-state index contributed by atoms with van der Waals surface area (Å²) in [5.41, 5.74) is -0.280. The fraction of sp³-hybridized carbons (Fsp3) is 0.310. The van der Waals surface area contributed by atoms with E-state index in [1.54, 1.807) is 19.9 Å². The minimum atomic E-state index is -0.905. The molecule has 1 N–H and O–H groups in total. The lowest BCUT2D eigenvalue weighted by molar-refractivity contribution is -0.134. The van der Waals surface area contributed by atoms with E-state index in [0.29, 0.717) is 5.56 Å². The molecule has 0 saturated heterocycles. The smallest absolute Gasteiger partial charge is 0.308 e. The Morgan fingerprint density at radius 3 is 2.05 bits per heavy atom. The quantitative estimate of drug-likeness (QED) is 0.188. The van der Waals surface area contributed by atoms with Crippen LogP contribution in [0.2, 0.25) is 0 Å². The van der Waals surface area contributed by atoms with Crippen LogP contribution in [-0.4, -0.2) is 23.0 Å². The lowest BCUT2D eigenvalue weighted by Gasteiger charge is -2.25. The number of carbonyl (C=O) groups is 3. The third kappa shape index (κ3) is 5.46. The molecule has 2 aromatic carbocycles. The van der Waals surface area contributed by atoms with Gasteiger partial charge in [0.15, 0.2) is 11.3 Å². The highest BCUT2D eigenvalue weighted by molar-refractivity contribution is 6.00. The highest BCUT2D eigenvalue weighted by Gasteiger charge is 2.31. The van der Waals surface area contributed by atoms with Gasteiger partial charge < -0.3 is 23.7 Å². The van der Waals surface area contributed by atoms with E-state index in [9.17, 15) is 24.3 Å². The minimum Gasteiger partial charge on any atom is -0.507 e. The Hall–Kier alpha value is -4.40. The first-order valence-corrected chi connectivity index (χ1v) is 11.8. The monoisotopic (exact) mass is 522 g/mol. The molecule has 0 saturated carbocycles. The number of esters is 3. The van der Waals surface area contributed by atoms with E-state index in [-0.39, 0.29) is 51.2 Å². The average Bonchev–Trinajstić information content (AvgIpc) is 2.78. The summed E-state index contributed by atoms with van der Waals surface area (Å²) in [5.74, 6) is -2.95. The Morgan fingerprint density at radius 1 is 0.947 bits per heavy atom. The zero-order chi connectivity index (χ0) is 28.5. The molecule has 3 aromatic rings. The van der Waals surface area contributed by atoms with Crippen LogP contribution in [0.1, 0.15) is 59.6 Å². The second kappa shape index (κ2) is 10.5. The fourth-order valence-electron chi connectivity index (χ4n) is 4.08. The molecule has 3 rings (SSSR count). The summed E-state index contributed by atoms with van der Waals surface area (Å²) in [6.07, 6.45) is 3.66. The Labute approximate surface area is 219 Å². The molecule has 0 atom stereocenters. The molecule has 38 heavy (non-hydrogen) atoms. The zero-order valence-electron chi connectivity index (χ0n) is 22.4. The van der Waals surface area contributed by atoms with Crippen molar-refractivity contribution in [3.63, 3.8) is 0 Å². The van der Waals surface area contributed by atoms with Crippen LogP contribution in [0.4, 0.5) is 0 Å². The van der Waals surface area contributed by atoms with E-state index >= 15 is 0 Å². The lowest BCUT2D eigenvalue weighted by Crippen LogP contribution is -2.18. The predicted octanol–water partition coefficient (Wildman–Crippen LogP) is 5.40. The average molecular weight is 523 g/mol. The van der Waals surface area contributed by atoms with Crippen LogP contribution >= 0.6 is 0 Å². The third-order valence-corrected chi connectivity index (χ3v) is 5.82. The molecular formula is C29H30O9. The van der Waals surface area contributed by atoms with Crippen LogP contribution in [0.3, 0.4) is 0 Å². The van der Waals surface area contributed by atoms with Crippen LogP contribution in [-0.2, 0) is 26.2 Å². The zero-order valence-corrected chi connectivity index (χ0v) is 22.4. The van der Waals surface area contributed by atoms with Crippen molar-refractivity contribution < 1.29 is 38.1 Å². The first-order chi connectivity index (χ1) is 17.7. The molecule has 0 amide bonds. The first kappa shape index (κ1) is 28.2. The summed E-state index contributed by atoms with van der Waals surface area (Å²) in [6, 6.07) is 2.74. The fourth-order valence-corrected chi connectivity index (χ4v) is 4.08. The Bertz CT molecular complexity index is 1580. The maximum atomic E-state index is 14.0. The summed E-state index contributed by atoms with van der Waals surface area (Å²) in [7, 11) is 0. The number of benzene rings is 2. The maximum absolute atomic E-state index is 14.0. The molecule has 0 radical (unpaired) electrons. The molecule has 0 fully saturated rings. The number of aromatic hydroxyl groups is 1. The number of rotatable bonds is 7. The first-order valence-electron chi connectivity index (χ1n) is 11.8. The SMILES string of the molecule is C=CC(C)(C)c1c(OC(C)=O)cc2oc3c(OC(C)=O)c(OC(C)=O)cc(CC=C(C)C)c3c(=O)c2c1O. The number of hydrogen-bond donors (Lipinski definition) is 1. The van der Waals surface area contributed by atoms with Crippen molar-refractivity contribution in [3.05, 3.63) is 57.8 Å². The molecule has 0 aliphatic rings. The van der Waals surface area contributed by atoms with Gasteiger partial charge in [0, 0.05) is 37.8 Å². The standard InChI is InChI=1S/C29H30O9/c1-9-29(7,8)24-20(35-15(4)30)13-19-23(26(24)34)25(33)22-18(11-10-14(2)3)12-21(36-16(5)31)27(28(22)38-19)37-17(6)32/h9-10,12-13,34H,1,11H2,2-8H3. The number of phenolic OH excluding ortho intramolecular Hbond substituents is 1. The molecule has 9 heteroatoms. The van der Waals surface area contributed by atoms with Crippen LogP contribution in [0.25, 0.3) is 21.9 Å². The van der Waals surface area contributed by atoms with Crippen molar-refractivity contribution in [1.29, 1.82) is 0 Å². The normalized spacial score (nSPS) is 11.2. The van der Waals surface area contributed by atoms with Gasteiger partial charge in [0.1, 0.15) is 22.5 Å². The number of carbonyl (C=O) groups excluding carboxylic acids is 3. The molecule has 1 aromatic heterocycles.